The quantitative estimate of drug-likeness (QED) is 0.0215. The van der Waals surface area contributed by atoms with E-state index in [0.717, 1.165) is 44.9 Å². The van der Waals surface area contributed by atoms with Gasteiger partial charge in [-0.3, -0.25) is 4.79 Å². The van der Waals surface area contributed by atoms with Gasteiger partial charge in [-0.25, -0.2) is 0 Å². The number of carbonyl (C=O) groups excluding carboxylic acids is 1. The molecule has 454 valence electrons. The Balaban J connectivity index is 2.28. The van der Waals surface area contributed by atoms with Gasteiger partial charge < -0.3 is 50.5 Å². The van der Waals surface area contributed by atoms with Gasteiger partial charge in [0.15, 0.2) is 6.29 Å². The van der Waals surface area contributed by atoms with Crippen LogP contribution in [0.1, 0.15) is 309 Å². The summed E-state index contributed by atoms with van der Waals surface area (Å²) in [6.45, 7) is 3.48. The summed E-state index contributed by atoms with van der Waals surface area (Å²) in [5.74, 6) is -0.707. The Labute approximate surface area is 473 Å². The molecule has 0 bridgehead atoms. The highest BCUT2D eigenvalue weighted by Gasteiger charge is 2.44. The minimum Gasteiger partial charge on any atom is -0.394 e. The Morgan fingerprint density at radius 2 is 0.779 bits per heavy atom. The number of ether oxygens (including phenoxy) is 2. The molecule has 1 fully saturated rings. The normalized spacial score (nSPS) is 19.7. The molecule has 0 aromatic rings. The molecular formula is C66H125NO10. The van der Waals surface area contributed by atoms with Crippen LogP contribution in [0.5, 0.6) is 0 Å². The van der Waals surface area contributed by atoms with Gasteiger partial charge in [0.1, 0.15) is 36.6 Å². The minimum absolute atomic E-state index is 0.243. The van der Waals surface area contributed by atoms with Gasteiger partial charge in [-0.15, -0.1) is 0 Å². The van der Waals surface area contributed by atoms with E-state index in [1.807, 2.05) is 0 Å². The lowest BCUT2D eigenvalue weighted by Crippen LogP contribution is -2.60. The van der Waals surface area contributed by atoms with Crippen LogP contribution in [0.15, 0.2) is 36.5 Å². The molecule has 0 saturated carbocycles. The van der Waals surface area contributed by atoms with Crippen LogP contribution in [-0.2, 0) is 14.3 Å². The van der Waals surface area contributed by atoms with Gasteiger partial charge in [-0.1, -0.05) is 281 Å². The molecular weight excluding hydrogens is 967 g/mol. The summed E-state index contributed by atoms with van der Waals surface area (Å²) in [4.78, 5) is 13.2. The number of amides is 1. The lowest BCUT2D eigenvalue weighted by atomic mass is 9.98. The van der Waals surface area contributed by atoms with Crippen molar-refractivity contribution in [3.8, 4) is 0 Å². The number of allylic oxidation sites excluding steroid dienone is 6. The molecule has 1 aliphatic heterocycles. The molecule has 1 heterocycles. The molecule has 0 spiro atoms. The second kappa shape index (κ2) is 54.9. The van der Waals surface area contributed by atoms with Crippen molar-refractivity contribution in [2.75, 3.05) is 13.2 Å². The highest BCUT2D eigenvalue weighted by molar-refractivity contribution is 5.80. The highest BCUT2D eigenvalue weighted by Crippen LogP contribution is 2.24. The largest absolute Gasteiger partial charge is 0.394 e. The maximum Gasteiger partial charge on any atom is 0.249 e. The molecule has 8 N–H and O–H groups in total. The van der Waals surface area contributed by atoms with Gasteiger partial charge >= 0.3 is 0 Å². The van der Waals surface area contributed by atoms with Crippen molar-refractivity contribution in [2.24, 2.45) is 0 Å². The molecule has 9 unspecified atom stereocenters. The van der Waals surface area contributed by atoms with Crippen LogP contribution in [0.2, 0.25) is 0 Å². The van der Waals surface area contributed by atoms with E-state index in [1.54, 1.807) is 0 Å². The van der Waals surface area contributed by atoms with Crippen molar-refractivity contribution in [2.45, 2.75) is 364 Å². The predicted octanol–water partition coefficient (Wildman–Crippen LogP) is 15.0. The molecule has 1 rings (SSSR count). The highest BCUT2D eigenvalue weighted by atomic mass is 16.7. The summed E-state index contributed by atoms with van der Waals surface area (Å²) in [5, 5.41) is 76.3. The summed E-state index contributed by atoms with van der Waals surface area (Å²) in [6.07, 6.45) is 57.9. The van der Waals surface area contributed by atoms with Crippen molar-refractivity contribution in [1.82, 2.24) is 5.32 Å². The molecule has 1 aliphatic rings. The first-order valence-corrected chi connectivity index (χ1v) is 32.9. The first-order chi connectivity index (χ1) is 37.7. The summed E-state index contributed by atoms with van der Waals surface area (Å²) >= 11 is 0. The van der Waals surface area contributed by atoms with Gasteiger partial charge in [-0.05, 0) is 64.2 Å². The lowest BCUT2D eigenvalue weighted by molar-refractivity contribution is -0.303. The van der Waals surface area contributed by atoms with E-state index in [1.165, 1.54) is 218 Å². The lowest BCUT2D eigenvalue weighted by Gasteiger charge is -2.40. The third-order valence-corrected chi connectivity index (χ3v) is 15.9. The van der Waals surface area contributed by atoms with Crippen LogP contribution in [0.3, 0.4) is 0 Å². The van der Waals surface area contributed by atoms with E-state index < -0.39 is 74.2 Å². The Kier molecular flexibility index (Phi) is 52.3. The fourth-order valence-electron chi connectivity index (χ4n) is 10.6. The summed E-state index contributed by atoms with van der Waals surface area (Å²) in [6, 6.07) is -1.19. The molecule has 0 aliphatic carbocycles. The van der Waals surface area contributed by atoms with Crippen molar-refractivity contribution >= 4 is 5.91 Å². The van der Waals surface area contributed by atoms with Crippen LogP contribution < -0.4 is 5.32 Å². The molecule has 11 heteroatoms. The van der Waals surface area contributed by atoms with E-state index in [-0.39, 0.29) is 12.8 Å². The third-order valence-electron chi connectivity index (χ3n) is 15.9. The molecule has 0 radical (unpaired) electrons. The molecule has 77 heavy (non-hydrogen) atoms. The average Bonchev–Trinajstić information content (AvgIpc) is 3.43. The van der Waals surface area contributed by atoms with Crippen LogP contribution in [0.25, 0.3) is 0 Å². The van der Waals surface area contributed by atoms with Crippen LogP contribution in [-0.4, -0.2) is 110 Å². The summed E-state index contributed by atoms with van der Waals surface area (Å²) < 4.78 is 11.2. The first-order valence-electron chi connectivity index (χ1n) is 32.9. The van der Waals surface area contributed by atoms with E-state index in [0.29, 0.717) is 19.3 Å². The first kappa shape index (κ1) is 73.3. The zero-order chi connectivity index (χ0) is 56.1. The Bertz CT molecular complexity index is 1350. The Morgan fingerprint density at radius 3 is 1.16 bits per heavy atom. The van der Waals surface area contributed by atoms with Gasteiger partial charge in [0, 0.05) is 0 Å². The Morgan fingerprint density at radius 1 is 0.442 bits per heavy atom. The topological polar surface area (TPSA) is 189 Å². The van der Waals surface area contributed by atoms with Crippen molar-refractivity contribution in [1.29, 1.82) is 0 Å². The van der Waals surface area contributed by atoms with E-state index in [4.69, 9.17) is 9.47 Å². The second-order valence-electron chi connectivity index (χ2n) is 23.2. The molecule has 0 aromatic carbocycles. The van der Waals surface area contributed by atoms with Crippen LogP contribution in [0.4, 0.5) is 0 Å². The van der Waals surface area contributed by atoms with Gasteiger partial charge in [0.25, 0.3) is 0 Å². The number of hydrogen-bond donors (Lipinski definition) is 8. The number of nitrogens with one attached hydrogen (secondary N) is 1. The van der Waals surface area contributed by atoms with Gasteiger partial charge in [0.2, 0.25) is 5.91 Å². The zero-order valence-electron chi connectivity index (χ0n) is 50.0. The molecule has 9 atom stereocenters. The zero-order valence-corrected chi connectivity index (χ0v) is 50.0. The number of aliphatic hydroxyl groups excluding tert-OH is 7. The summed E-state index contributed by atoms with van der Waals surface area (Å²) in [7, 11) is 0. The third kappa shape index (κ3) is 42.8. The van der Waals surface area contributed by atoms with E-state index >= 15 is 0 Å². The van der Waals surface area contributed by atoms with Gasteiger partial charge in [-0.2, -0.15) is 0 Å². The molecule has 0 aromatic heterocycles. The SMILES string of the molecule is CCCCCCCCCCCCCC/C=C/CC/C=C/CC/C=C/CCCC(O)C(O)C(COC1OC(CO)C(O)C(O)C1O)NC(=O)C(O)CCCCCCCCCCCCCCCCCCCCCCCCCCC. The number of unbranched alkanes of at least 4 members (excludes halogenated alkanes) is 39. The standard InChI is InChI=1S/C66H125NO10/c1-3-5-7-9-11-13-15-17-19-21-23-25-27-29-31-33-35-37-39-41-43-45-47-49-51-53-58(69)61(71)57(56-76-66-64(74)63(73)62(72)60(55-68)77-66)67-65(75)59(70)54-52-50-48-46-44-42-40-38-36-34-32-30-28-26-24-22-20-18-16-14-12-10-8-6-4-2/h29,31,37,39,45,47,57-64,66,68-74H,3-28,30,32-36,38,40-44,46,48-56H2,1-2H3,(H,67,75)/b31-29+,39-37+,47-45+. The fraction of sp³-hybridized carbons (Fsp3) is 0.894. The fourth-order valence-corrected chi connectivity index (χ4v) is 10.6. The van der Waals surface area contributed by atoms with E-state index in [2.05, 4.69) is 55.6 Å². The van der Waals surface area contributed by atoms with E-state index in [9.17, 15) is 40.5 Å². The second-order valence-corrected chi connectivity index (χ2v) is 23.2. The van der Waals surface area contributed by atoms with Gasteiger partial charge in [0.05, 0.1) is 25.4 Å². The van der Waals surface area contributed by atoms with Crippen molar-refractivity contribution in [3.63, 3.8) is 0 Å². The molecule has 1 amide bonds. The van der Waals surface area contributed by atoms with Crippen LogP contribution in [0, 0.1) is 0 Å². The monoisotopic (exact) mass is 1090 g/mol. The smallest absolute Gasteiger partial charge is 0.249 e. The van der Waals surface area contributed by atoms with Crippen molar-refractivity contribution < 1.29 is 50.0 Å². The minimum atomic E-state index is -1.67. The molecule has 11 nitrogen and oxygen atoms in total. The number of aliphatic hydroxyl groups is 7. The maximum atomic E-state index is 13.2. The summed E-state index contributed by atoms with van der Waals surface area (Å²) in [5.41, 5.74) is 0. The van der Waals surface area contributed by atoms with Crippen LogP contribution >= 0.6 is 0 Å². The number of carbonyl (C=O) groups is 1. The number of rotatable bonds is 57. The maximum absolute atomic E-state index is 13.2. The molecule has 1 saturated heterocycles. The average molecular weight is 1090 g/mol. The number of hydrogen-bond acceptors (Lipinski definition) is 10. The Hall–Kier alpha value is -1.67. The predicted molar refractivity (Wildman–Crippen MR) is 321 cm³/mol. The van der Waals surface area contributed by atoms with Crippen molar-refractivity contribution in [3.05, 3.63) is 36.5 Å².